The van der Waals surface area contributed by atoms with Crippen molar-refractivity contribution in [2.24, 2.45) is 0 Å². The normalized spacial score (nSPS) is 14.2. The summed E-state index contributed by atoms with van der Waals surface area (Å²) in [4.78, 5) is 32.2. The van der Waals surface area contributed by atoms with Gasteiger partial charge in [0, 0.05) is 4.88 Å². The maximum Gasteiger partial charge on any atom is 0.262 e. The predicted octanol–water partition coefficient (Wildman–Crippen LogP) is 3.28. The molecule has 22 heavy (non-hydrogen) atoms. The van der Waals surface area contributed by atoms with Crippen LogP contribution in [0.2, 0.25) is 0 Å². The third-order valence-corrected chi connectivity index (χ3v) is 6.16. The number of thiophene rings is 2. The van der Waals surface area contributed by atoms with Crippen LogP contribution in [-0.4, -0.2) is 15.3 Å². The summed E-state index contributed by atoms with van der Waals surface area (Å²) < 4.78 is 1.45. The van der Waals surface area contributed by atoms with Crippen LogP contribution in [0.4, 0.5) is 0 Å². The topological polar surface area (TPSA) is 52.0 Å². The van der Waals surface area contributed by atoms with E-state index in [0.29, 0.717) is 4.88 Å². The first kappa shape index (κ1) is 13.8. The minimum absolute atomic E-state index is 0.0395. The van der Waals surface area contributed by atoms with Crippen LogP contribution in [-0.2, 0) is 19.4 Å². The summed E-state index contributed by atoms with van der Waals surface area (Å²) in [5, 5.41) is 2.60. The van der Waals surface area contributed by atoms with Crippen molar-refractivity contribution in [1.29, 1.82) is 0 Å². The summed E-state index contributed by atoms with van der Waals surface area (Å²) in [7, 11) is 0. The number of hydrogen-bond acceptors (Lipinski definition) is 5. The van der Waals surface area contributed by atoms with Gasteiger partial charge in [-0.3, -0.25) is 14.2 Å². The second kappa shape index (κ2) is 5.44. The van der Waals surface area contributed by atoms with Crippen LogP contribution in [0.1, 0.15) is 33.0 Å². The van der Waals surface area contributed by atoms with E-state index in [1.807, 2.05) is 11.4 Å². The second-order valence-electron chi connectivity index (χ2n) is 5.47. The van der Waals surface area contributed by atoms with E-state index in [9.17, 15) is 9.59 Å². The molecule has 1 aliphatic rings. The van der Waals surface area contributed by atoms with E-state index in [1.54, 1.807) is 17.4 Å². The quantitative estimate of drug-likeness (QED) is 0.693. The number of fused-ring (bicyclic) bond motifs is 3. The summed E-state index contributed by atoms with van der Waals surface area (Å²) in [6, 6.07) is 3.63. The summed E-state index contributed by atoms with van der Waals surface area (Å²) in [5.41, 5.74) is 1.09. The van der Waals surface area contributed by atoms with E-state index in [-0.39, 0.29) is 17.9 Å². The smallest absolute Gasteiger partial charge is 0.262 e. The summed E-state index contributed by atoms with van der Waals surface area (Å²) in [5.74, 6) is -0.0395. The molecule has 3 aromatic rings. The maximum atomic E-state index is 12.7. The average Bonchev–Trinajstić information content (AvgIpc) is 3.17. The third-order valence-electron chi connectivity index (χ3n) is 4.05. The Morgan fingerprint density at radius 2 is 2.18 bits per heavy atom. The highest BCUT2D eigenvalue weighted by atomic mass is 32.1. The van der Waals surface area contributed by atoms with Gasteiger partial charge >= 0.3 is 0 Å². The van der Waals surface area contributed by atoms with Crippen molar-refractivity contribution in [2.45, 2.75) is 32.2 Å². The molecular weight excluding hydrogens is 316 g/mol. The van der Waals surface area contributed by atoms with E-state index in [4.69, 9.17) is 0 Å². The van der Waals surface area contributed by atoms with Crippen molar-refractivity contribution in [2.75, 3.05) is 0 Å². The molecule has 6 heteroatoms. The molecule has 0 saturated carbocycles. The molecule has 0 unspecified atom stereocenters. The fourth-order valence-corrected chi connectivity index (χ4v) is 4.84. The van der Waals surface area contributed by atoms with Crippen molar-refractivity contribution >= 4 is 38.7 Å². The predicted molar refractivity (Wildman–Crippen MR) is 89.2 cm³/mol. The Morgan fingerprint density at radius 3 is 3.00 bits per heavy atom. The van der Waals surface area contributed by atoms with Gasteiger partial charge in [-0.25, -0.2) is 4.98 Å². The minimum atomic E-state index is -0.0747. The standard InChI is InChI=1S/C16H14N2O2S2/c19-11(13-6-3-7-21-13)8-18-9-17-15-14(16(18)20)10-4-1-2-5-12(10)22-15/h3,6-7,9H,1-2,4-5,8H2. The largest absolute Gasteiger partial charge is 0.291 e. The van der Waals surface area contributed by atoms with E-state index >= 15 is 0 Å². The van der Waals surface area contributed by atoms with Crippen LogP contribution in [0.3, 0.4) is 0 Å². The number of aryl methyl sites for hydroxylation is 2. The van der Waals surface area contributed by atoms with Gasteiger partial charge in [-0.1, -0.05) is 6.07 Å². The molecule has 4 nitrogen and oxygen atoms in total. The van der Waals surface area contributed by atoms with Crippen LogP contribution in [0.15, 0.2) is 28.6 Å². The minimum Gasteiger partial charge on any atom is -0.291 e. The Hall–Kier alpha value is -1.79. The molecule has 0 saturated heterocycles. The molecule has 0 spiro atoms. The molecular formula is C16H14N2O2S2. The Bertz CT molecular complexity index is 906. The fourth-order valence-electron chi connectivity index (χ4n) is 2.96. The molecule has 112 valence electrons. The SMILES string of the molecule is O=C(Cn1cnc2sc3c(c2c1=O)CCCC3)c1cccs1. The van der Waals surface area contributed by atoms with Crippen LogP contribution >= 0.6 is 22.7 Å². The molecule has 0 aromatic carbocycles. The molecule has 0 fully saturated rings. The number of nitrogens with zero attached hydrogens (tertiary/aromatic N) is 2. The van der Waals surface area contributed by atoms with Crippen LogP contribution in [0.5, 0.6) is 0 Å². The van der Waals surface area contributed by atoms with Crippen molar-refractivity contribution in [1.82, 2.24) is 9.55 Å². The number of aromatic nitrogens is 2. The Balaban J connectivity index is 1.78. The van der Waals surface area contributed by atoms with Gasteiger partial charge in [0.2, 0.25) is 0 Å². The van der Waals surface area contributed by atoms with E-state index < -0.39 is 0 Å². The van der Waals surface area contributed by atoms with Gasteiger partial charge in [-0.05, 0) is 42.7 Å². The second-order valence-corrected chi connectivity index (χ2v) is 7.50. The average molecular weight is 330 g/mol. The number of hydrogen-bond donors (Lipinski definition) is 0. The van der Waals surface area contributed by atoms with Gasteiger partial charge in [0.15, 0.2) is 5.78 Å². The van der Waals surface area contributed by atoms with E-state index in [0.717, 1.165) is 29.5 Å². The number of ketones is 1. The summed E-state index contributed by atoms with van der Waals surface area (Å²) in [6.07, 6.45) is 5.82. The lowest BCUT2D eigenvalue weighted by Crippen LogP contribution is -2.24. The first-order valence-corrected chi connectivity index (χ1v) is 9.00. The van der Waals surface area contributed by atoms with Gasteiger partial charge < -0.3 is 0 Å². The molecule has 1 aliphatic carbocycles. The Morgan fingerprint density at radius 1 is 1.32 bits per heavy atom. The fraction of sp³-hybridized carbons (Fsp3) is 0.312. The molecule has 4 rings (SSSR count). The third kappa shape index (κ3) is 2.23. The lowest BCUT2D eigenvalue weighted by atomic mass is 9.97. The Kier molecular flexibility index (Phi) is 3.43. The summed E-state index contributed by atoms with van der Waals surface area (Å²) >= 11 is 3.03. The zero-order valence-electron chi connectivity index (χ0n) is 11.9. The number of rotatable bonds is 3. The highest BCUT2D eigenvalue weighted by Gasteiger charge is 2.20. The first-order chi connectivity index (χ1) is 10.7. The van der Waals surface area contributed by atoms with Gasteiger partial charge in [0.05, 0.1) is 23.1 Å². The molecule has 0 bridgehead atoms. The monoisotopic (exact) mass is 330 g/mol. The molecule has 0 atom stereocenters. The summed E-state index contributed by atoms with van der Waals surface area (Å²) in [6.45, 7) is 0.0624. The Labute approximate surface area is 135 Å². The van der Waals surface area contributed by atoms with Crippen molar-refractivity contribution in [3.8, 4) is 0 Å². The number of Topliss-reactive ketones (excluding diaryl/α,β-unsaturated/α-hetero) is 1. The van der Waals surface area contributed by atoms with E-state index in [1.165, 1.54) is 39.1 Å². The van der Waals surface area contributed by atoms with Crippen molar-refractivity contribution < 1.29 is 4.79 Å². The number of carbonyl (C=O) groups excluding carboxylic acids is 1. The molecule has 3 heterocycles. The maximum absolute atomic E-state index is 12.7. The lowest BCUT2D eigenvalue weighted by Gasteiger charge is -2.10. The van der Waals surface area contributed by atoms with E-state index in [2.05, 4.69) is 4.98 Å². The van der Waals surface area contributed by atoms with Crippen LogP contribution in [0, 0.1) is 0 Å². The molecule has 0 amide bonds. The van der Waals surface area contributed by atoms with Crippen molar-refractivity contribution in [3.63, 3.8) is 0 Å². The highest BCUT2D eigenvalue weighted by molar-refractivity contribution is 7.18. The van der Waals surface area contributed by atoms with Crippen molar-refractivity contribution in [3.05, 3.63) is 49.5 Å². The molecule has 0 radical (unpaired) electrons. The highest BCUT2D eigenvalue weighted by Crippen LogP contribution is 2.33. The van der Waals surface area contributed by atoms with Crippen LogP contribution in [0.25, 0.3) is 10.2 Å². The van der Waals surface area contributed by atoms with Crippen LogP contribution < -0.4 is 5.56 Å². The number of carbonyl (C=O) groups is 1. The molecule has 0 N–H and O–H groups in total. The van der Waals surface area contributed by atoms with Gasteiger partial charge in [-0.2, -0.15) is 0 Å². The van der Waals surface area contributed by atoms with Gasteiger partial charge in [-0.15, -0.1) is 22.7 Å². The first-order valence-electron chi connectivity index (χ1n) is 7.30. The zero-order valence-corrected chi connectivity index (χ0v) is 13.5. The van der Waals surface area contributed by atoms with Gasteiger partial charge in [0.1, 0.15) is 4.83 Å². The lowest BCUT2D eigenvalue weighted by molar-refractivity contribution is 0.0974. The zero-order chi connectivity index (χ0) is 15.1. The molecule has 0 aliphatic heterocycles. The molecule has 3 aromatic heterocycles. The van der Waals surface area contributed by atoms with Gasteiger partial charge in [0.25, 0.3) is 5.56 Å².